The predicted octanol–water partition coefficient (Wildman–Crippen LogP) is 5.59. The number of hydrogen-bond acceptors (Lipinski definition) is 8. The minimum Gasteiger partial charge on any atom is -0.466 e. The SMILES string of the molecule is CCOC(=O)CCCn1cc(Cc2cncnc2)c(=O)nc1SCCCCCCCC(=O)c1ccc(C)cc1. The zero-order chi connectivity index (χ0) is 27.9. The van der Waals surface area contributed by atoms with Crippen molar-refractivity contribution in [1.82, 2.24) is 19.5 Å². The summed E-state index contributed by atoms with van der Waals surface area (Å²) in [7, 11) is 0. The van der Waals surface area contributed by atoms with Crippen LogP contribution in [0, 0.1) is 6.92 Å². The second kappa shape index (κ2) is 16.6. The molecule has 9 heteroatoms. The van der Waals surface area contributed by atoms with E-state index in [-0.39, 0.29) is 17.3 Å². The summed E-state index contributed by atoms with van der Waals surface area (Å²) >= 11 is 1.57. The van der Waals surface area contributed by atoms with Gasteiger partial charge in [0.25, 0.3) is 5.56 Å². The van der Waals surface area contributed by atoms with Crippen molar-refractivity contribution in [2.24, 2.45) is 0 Å². The highest BCUT2D eigenvalue weighted by Gasteiger charge is 2.12. The van der Waals surface area contributed by atoms with Crippen molar-refractivity contribution in [3.05, 3.63) is 81.8 Å². The third-order valence-electron chi connectivity index (χ3n) is 6.28. The molecule has 0 bridgehead atoms. The van der Waals surface area contributed by atoms with E-state index < -0.39 is 0 Å². The molecular formula is C30H38N4O4S. The molecule has 0 amide bonds. The lowest BCUT2D eigenvalue weighted by Gasteiger charge is -2.14. The lowest BCUT2D eigenvalue weighted by molar-refractivity contribution is -0.143. The summed E-state index contributed by atoms with van der Waals surface area (Å²) in [5, 5.41) is 0.667. The number of Topliss-reactive ketones (excluding diaryl/α,β-unsaturated/α-hetero) is 1. The Bertz CT molecular complexity index is 1250. The van der Waals surface area contributed by atoms with E-state index in [1.54, 1.807) is 31.1 Å². The Morgan fingerprint density at radius 3 is 2.41 bits per heavy atom. The molecule has 0 aliphatic carbocycles. The normalized spacial score (nSPS) is 10.9. The molecule has 3 rings (SSSR count). The standard InChI is InChI=1S/C30H38N4O4S/c1-3-38-28(36)11-9-16-34-21-26(18-24-19-31-22-32-20-24)29(37)33-30(34)39-17-8-6-4-5-7-10-27(35)25-14-12-23(2)13-15-25/h12-15,19-22H,3-11,16-18H2,1-2H3. The van der Waals surface area contributed by atoms with Crippen LogP contribution in [0.1, 0.15) is 85.3 Å². The van der Waals surface area contributed by atoms with Gasteiger partial charge in [-0.05, 0) is 38.7 Å². The molecule has 8 nitrogen and oxygen atoms in total. The van der Waals surface area contributed by atoms with Crippen molar-refractivity contribution < 1.29 is 14.3 Å². The molecule has 0 atom stereocenters. The number of ketones is 1. The minimum atomic E-state index is -0.249. The van der Waals surface area contributed by atoms with Crippen molar-refractivity contribution in [3.8, 4) is 0 Å². The summed E-state index contributed by atoms with van der Waals surface area (Å²) in [6, 6.07) is 7.76. The van der Waals surface area contributed by atoms with Crippen LogP contribution < -0.4 is 5.56 Å². The minimum absolute atomic E-state index is 0.209. The molecule has 0 unspecified atom stereocenters. The number of aryl methyl sites for hydroxylation is 2. The molecule has 0 spiro atoms. The van der Waals surface area contributed by atoms with Crippen LogP contribution in [0.25, 0.3) is 0 Å². The first-order chi connectivity index (χ1) is 19.0. The highest BCUT2D eigenvalue weighted by molar-refractivity contribution is 7.99. The van der Waals surface area contributed by atoms with Crippen LogP contribution in [0.2, 0.25) is 0 Å². The van der Waals surface area contributed by atoms with E-state index in [0.717, 1.165) is 54.5 Å². The molecule has 2 aromatic heterocycles. The van der Waals surface area contributed by atoms with Gasteiger partial charge in [-0.25, -0.2) is 9.97 Å². The molecule has 2 heterocycles. The summed E-state index contributed by atoms with van der Waals surface area (Å²) in [5.74, 6) is 0.835. The van der Waals surface area contributed by atoms with Crippen molar-refractivity contribution in [1.29, 1.82) is 0 Å². The van der Waals surface area contributed by atoms with Gasteiger partial charge in [-0.3, -0.25) is 14.4 Å². The molecule has 0 radical (unpaired) electrons. The van der Waals surface area contributed by atoms with Gasteiger partial charge in [0.15, 0.2) is 10.9 Å². The number of nitrogens with zero attached hydrogens (tertiary/aromatic N) is 4. The van der Waals surface area contributed by atoms with Crippen molar-refractivity contribution in [2.75, 3.05) is 12.4 Å². The number of esters is 1. The molecule has 208 valence electrons. The van der Waals surface area contributed by atoms with Gasteiger partial charge in [0.2, 0.25) is 0 Å². The lowest BCUT2D eigenvalue weighted by Crippen LogP contribution is -2.20. The average Bonchev–Trinajstić information content (AvgIpc) is 2.93. The third-order valence-corrected chi connectivity index (χ3v) is 7.35. The quantitative estimate of drug-likeness (QED) is 0.0704. The van der Waals surface area contributed by atoms with Gasteiger partial charge < -0.3 is 9.30 Å². The number of carbonyl (C=O) groups excluding carboxylic acids is 2. The topological polar surface area (TPSA) is 104 Å². The number of aromatic nitrogens is 4. The summed E-state index contributed by atoms with van der Waals surface area (Å²) in [6.45, 7) is 4.75. The number of carbonyl (C=O) groups is 2. The maximum atomic E-state index is 12.8. The van der Waals surface area contributed by atoms with Gasteiger partial charge in [-0.2, -0.15) is 4.98 Å². The second-order valence-corrected chi connectivity index (χ2v) is 10.6. The lowest BCUT2D eigenvalue weighted by atomic mass is 10.0. The Morgan fingerprint density at radius 1 is 0.949 bits per heavy atom. The van der Waals surface area contributed by atoms with E-state index in [9.17, 15) is 14.4 Å². The molecule has 3 aromatic rings. The van der Waals surface area contributed by atoms with Crippen LogP contribution in [0.5, 0.6) is 0 Å². The van der Waals surface area contributed by atoms with Gasteiger partial charge >= 0.3 is 5.97 Å². The van der Waals surface area contributed by atoms with Gasteiger partial charge in [-0.15, -0.1) is 0 Å². The molecular weight excluding hydrogens is 512 g/mol. The van der Waals surface area contributed by atoms with E-state index >= 15 is 0 Å². The van der Waals surface area contributed by atoms with E-state index in [2.05, 4.69) is 15.0 Å². The number of ether oxygens (including phenoxy) is 1. The third kappa shape index (κ3) is 10.8. The van der Waals surface area contributed by atoms with Crippen LogP contribution in [0.3, 0.4) is 0 Å². The van der Waals surface area contributed by atoms with E-state index in [4.69, 9.17) is 4.74 Å². The molecule has 39 heavy (non-hydrogen) atoms. The van der Waals surface area contributed by atoms with Crippen molar-refractivity contribution in [2.45, 2.75) is 83.3 Å². The predicted molar refractivity (Wildman–Crippen MR) is 153 cm³/mol. The Labute approximate surface area is 234 Å². The van der Waals surface area contributed by atoms with Crippen LogP contribution in [-0.2, 0) is 22.5 Å². The fourth-order valence-corrected chi connectivity index (χ4v) is 5.14. The fourth-order valence-electron chi connectivity index (χ4n) is 4.15. The Balaban J connectivity index is 1.47. The van der Waals surface area contributed by atoms with E-state index in [0.29, 0.717) is 49.6 Å². The number of hydrogen-bond donors (Lipinski definition) is 0. The first kappa shape index (κ1) is 30.2. The van der Waals surface area contributed by atoms with E-state index in [1.165, 1.54) is 6.33 Å². The van der Waals surface area contributed by atoms with Gasteiger partial charge in [-0.1, -0.05) is 60.9 Å². The van der Waals surface area contributed by atoms with Crippen molar-refractivity contribution in [3.63, 3.8) is 0 Å². The van der Waals surface area contributed by atoms with Crippen LogP contribution in [0.4, 0.5) is 0 Å². The number of rotatable bonds is 17. The fraction of sp³-hybridized carbons (Fsp3) is 0.467. The highest BCUT2D eigenvalue weighted by Crippen LogP contribution is 2.19. The van der Waals surface area contributed by atoms with Crippen LogP contribution >= 0.6 is 11.8 Å². The first-order valence-electron chi connectivity index (χ1n) is 13.7. The zero-order valence-electron chi connectivity index (χ0n) is 22.9. The summed E-state index contributed by atoms with van der Waals surface area (Å²) in [4.78, 5) is 49.3. The van der Waals surface area contributed by atoms with Gasteiger partial charge in [0.1, 0.15) is 6.33 Å². The molecule has 0 saturated heterocycles. The Morgan fingerprint density at radius 2 is 1.67 bits per heavy atom. The summed E-state index contributed by atoms with van der Waals surface area (Å²) in [5.41, 5.74) is 3.12. The molecule has 0 aliphatic rings. The van der Waals surface area contributed by atoms with Crippen molar-refractivity contribution >= 4 is 23.5 Å². The number of thioether (sulfide) groups is 1. The van der Waals surface area contributed by atoms with Crippen LogP contribution in [0.15, 0.2) is 59.1 Å². The molecule has 0 fully saturated rings. The summed E-state index contributed by atoms with van der Waals surface area (Å²) in [6.07, 6.45) is 13.7. The Hall–Kier alpha value is -3.33. The number of benzene rings is 1. The highest BCUT2D eigenvalue weighted by atomic mass is 32.2. The largest absolute Gasteiger partial charge is 0.466 e. The van der Waals surface area contributed by atoms with Crippen LogP contribution in [-0.4, -0.2) is 43.6 Å². The Kier molecular flexibility index (Phi) is 12.9. The second-order valence-electron chi connectivity index (χ2n) is 9.53. The molecule has 0 N–H and O–H groups in total. The van der Waals surface area contributed by atoms with E-state index in [1.807, 2.05) is 42.0 Å². The molecule has 1 aromatic carbocycles. The molecule has 0 aliphatic heterocycles. The zero-order valence-corrected chi connectivity index (χ0v) is 23.8. The maximum Gasteiger partial charge on any atom is 0.305 e. The van der Waals surface area contributed by atoms with Gasteiger partial charge in [0, 0.05) is 61.3 Å². The molecule has 0 saturated carbocycles. The van der Waals surface area contributed by atoms with Gasteiger partial charge in [0.05, 0.1) is 6.61 Å². The monoisotopic (exact) mass is 550 g/mol. The summed E-state index contributed by atoms with van der Waals surface area (Å²) < 4.78 is 7.01. The number of unbranched alkanes of at least 4 members (excludes halogenated alkanes) is 4. The average molecular weight is 551 g/mol. The smallest absolute Gasteiger partial charge is 0.305 e. The first-order valence-corrected chi connectivity index (χ1v) is 14.7. The maximum absolute atomic E-state index is 12.8.